The first-order valence-electron chi connectivity index (χ1n) is 7.52. The fraction of sp³-hybridized carbons (Fsp3) is 0.188. The van der Waals surface area contributed by atoms with Crippen molar-refractivity contribution in [2.75, 3.05) is 5.32 Å². The Morgan fingerprint density at radius 2 is 1.85 bits per heavy atom. The van der Waals surface area contributed by atoms with Gasteiger partial charge in [0.1, 0.15) is 0 Å². The highest BCUT2D eigenvalue weighted by Gasteiger charge is 2.13. The van der Waals surface area contributed by atoms with Gasteiger partial charge in [0.05, 0.1) is 4.92 Å². The number of carbonyl (C=O) groups excluding carboxylic acids is 2. The van der Waals surface area contributed by atoms with Crippen molar-refractivity contribution < 1.29 is 19.3 Å². The Kier molecular flexibility index (Phi) is 7.90. The lowest BCUT2D eigenvalue weighted by molar-refractivity contribution is -0.380. The largest absolute Gasteiger partial charge is 0.437 e. The number of carbonyl (C=O) groups is 2. The molecule has 0 bridgehead atoms. The van der Waals surface area contributed by atoms with E-state index in [1.165, 1.54) is 30.5 Å². The Morgan fingerprint density at radius 1 is 1.23 bits per heavy atom. The fourth-order valence-corrected chi connectivity index (χ4v) is 2.34. The summed E-state index contributed by atoms with van der Waals surface area (Å²) in [5.41, 5.74) is 6.79. The van der Waals surface area contributed by atoms with Gasteiger partial charge < -0.3 is 5.73 Å². The number of Topliss-reactive ketones (excluding diaryl/α,β-unsaturated/α-hetero) is 1. The van der Waals surface area contributed by atoms with Gasteiger partial charge in [0.15, 0.2) is 11.6 Å². The number of thiophene rings is 1. The van der Waals surface area contributed by atoms with Crippen LogP contribution >= 0.6 is 11.3 Å². The molecule has 9 nitrogen and oxygen atoms in total. The number of benzene rings is 1. The van der Waals surface area contributed by atoms with Crippen molar-refractivity contribution in [3.05, 3.63) is 57.0 Å². The molecule has 1 heterocycles. The summed E-state index contributed by atoms with van der Waals surface area (Å²) in [4.78, 5) is 37.4. The first-order valence-corrected chi connectivity index (χ1v) is 8.40. The minimum atomic E-state index is -0.891. The molecule has 0 aliphatic rings. The van der Waals surface area contributed by atoms with E-state index in [2.05, 4.69) is 15.3 Å². The van der Waals surface area contributed by atoms with Crippen molar-refractivity contribution in [3.8, 4) is 0 Å². The van der Waals surface area contributed by atoms with Gasteiger partial charge in [-0.2, -0.15) is 0 Å². The van der Waals surface area contributed by atoms with E-state index in [9.17, 15) is 19.7 Å². The normalized spacial score (nSPS) is 10.3. The number of nitrogens with zero attached hydrogens (tertiary/aromatic N) is 2. The van der Waals surface area contributed by atoms with E-state index in [-0.39, 0.29) is 22.2 Å². The number of nitro groups is 1. The Morgan fingerprint density at radius 3 is 2.35 bits per heavy atom. The molecule has 10 heteroatoms. The Balaban J connectivity index is 0.00000163. The number of amides is 1. The summed E-state index contributed by atoms with van der Waals surface area (Å²) in [6, 6.07) is 7.41. The minimum absolute atomic E-state index is 0.0913. The molecular formula is C16H18N4O5S. The van der Waals surface area contributed by atoms with E-state index in [0.29, 0.717) is 11.3 Å². The summed E-state index contributed by atoms with van der Waals surface area (Å²) in [6.45, 7) is 5.43. The molecule has 0 saturated carbocycles. The van der Waals surface area contributed by atoms with Crippen molar-refractivity contribution in [3.63, 3.8) is 0 Å². The highest BCUT2D eigenvalue weighted by Crippen LogP contribution is 2.22. The van der Waals surface area contributed by atoms with Crippen LogP contribution < -0.4 is 11.1 Å². The molecule has 0 unspecified atom stereocenters. The highest BCUT2D eigenvalue weighted by atomic mass is 32.1. The highest BCUT2D eigenvalue weighted by molar-refractivity contribution is 7.13. The Bertz CT molecular complexity index is 814. The lowest BCUT2D eigenvalue weighted by Crippen LogP contribution is -2.17. The van der Waals surface area contributed by atoms with Crippen molar-refractivity contribution in [1.29, 1.82) is 0 Å². The molecule has 2 aromatic rings. The fourth-order valence-electron chi connectivity index (χ4n) is 1.63. The average Bonchev–Trinajstić information content (AvgIpc) is 3.12. The number of ketones is 1. The van der Waals surface area contributed by atoms with Crippen LogP contribution in [0.15, 0.2) is 40.9 Å². The van der Waals surface area contributed by atoms with Crippen LogP contribution in [0.2, 0.25) is 0 Å². The summed E-state index contributed by atoms with van der Waals surface area (Å²) >= 11 is 0.883. The standard InChI is InChI=1S/C14H12N4O5S.C2H6/c1-8(19)9-2-4-11(5-3-9)16-14(20)23-17-13(15)10-6-12(18(21)22)24-7-10;1-2/h2-7H,1H3,(H2,15,17)(H,16,20);1-2H3. The third-order valence-corrected chi connectivity index (χ3v) is 3.71. The number of amidine groups is 1. The zero-order chi connectivity index (χ0) is 19.7. The smallest absolute Gasteiger partial charge is 0.380 e. The monoisotopic (exact) mass is 378 g/mol. The number of hydrogen-bond donors (Lipinski definition) is 2. The van der Waals surface area contributed by atoms with Crippen LogP contribution in [0.25, 0.3) is 0 Å². The lowest BCUT2D eigenvalue weighted by Gasteiger charge is -2.03. The maximum Gasteiger partial charge on any atom is 0.437 e. The lowest BCUT2D eigenvalue weighted by atomic mass is 10.1. The molecule has 138 valence electrons. The molecule has 0 aliphatic carbocycles. The third-order valence-electron chi connectivity index (χ3n) is 2.83. The summed E-state index contributed by atoms with van der Waals surface area (Å²) < 4.78 is 0. The summed E-state index contributed by atoms with van der Waals surface area (Å²) in [6.07, 6.45) is -0.891. The van der Waals surface area contributed by atoms with Gasteiger partial charge in [0.25, 0.3) is 0 Å². The number of nitrogens with two attached hydrogens (primary N) is 1. The van der Waals surface area contributed by atoms with Gasteiger partial charge in [-0.3, -0.25) is 25.1 Å². The van der Waals surface area contributed by atoms with Crippen LogP contribution in [0.1, 0.15) is 36.7 Å². The number of rotatable bonds is 5. The predicted molar refractivity (Wildman–Crippen MR) is 99.6 cm³/mol. The molecule has 3 N–H and O–H groups in total. The molecule has 0 radical (unpaired) electrons. The van der Waals surface area contributed by atoms with Crippen LogP contribution in [0.3, 0.4) is 0 Å². The van der Waals surface area contributed by atoms with Crippen molar-refractivity contribution in [2.24, 2.45) is 10.9 Å². The van der Waals surface area contributed by atoms with Gasteiger partial charge in [-0.15, -0.1) is 0 Å². The van der Waals surface area contributed by atoms with Crippen LogP contribution in [-0.2, 0) is 4.84 Å². The zero-order valence-electron chi connectivity index (χ0n) is 14.4. The second-order valence-corrected chi connectivity index (χ2v) is 5.43. The SMILES string of the molecule is CC.CC(=O)c1ccc(NC(=O)O/N=C(/N)c2csc([N+](=O)[O-])c2)cc1. The van der Waals surface area contributed by atoms with Gasteiger partial charge in [0.2, 0.25) is 0 Å². The number of oxime groups is 1. The second-order valence-electron chi connectivity index (χ2n) is 4.54. The second kappa shape index (κ2) is 9.89. The molecule has 1 aromatic carbocycles. The van der Waals surface area contributed by atoms with Crippen molar-refractivity contribution in [1.82, 2.24) is 0 Å². The molecule has 26 heavy (non-hydrogen) atoms. The van der Waals surface area contributed by atoms with Crippen LogP contribution in [0.4, 0.5) is 15.5 Å². The topological polar surface area (TPSA) is 137 Å². The van der Waals surface area contributed by atoms with E-state index in [1.54, 1.807) is 12.1 Å². The zero-order valence-corrected chi connectivity index (χ0v) is 15.2. The number of anilines is 1. The molecule has 2 rings (SSSR count). The first-order chi connectivity index (χ1) is 12.4. The van der Waals surface area contributed by atoms with Gasteiger partial charge >= 0.3 is 11.1 Å². The number of hydrogen-bond acceptors (Lipinski definition) is 7. The van der Waals surface area contributed by atoms with E-state index in [4.69, 9.17) is 5.73 Å². The van der Waals surface area contributed by atoms with Crippen LogP contribution in [0.5, 0.6) is 0 Å². The van der Waals surface area contributed by atoms with E-state index in [1.807, 2.05) is 13.8 Å². The predicted octanol–water partition coefficient (Wildman–Crippen LogP) is 3.75. The molecule has 1 aromatic heterocycles. The van der Waals surface area contributed by atoms with Gasteiger partial charge in [-0.1, -0.05) is 30.3 Å². The quantitative estimate of drug-likeness (QED) is 0.203. The van der Waals surface area contributed by atoms with E-state index < -0.39 is 11.0 Å². The van der Waals surface area contributed by atoms with Gasteiger partial charge in [-0.05, 0) is 31.2 Å². The maximum atomic E-state index is 11.6. The first kappa shape index (κ1) is 20.8. The summed E-state index contributed by atoms with van der Waals surface area (Å²) in [7, 11) is 0. The van der Waals surface area contributed by atoms with Crippen LogP contribution in [0, 0.1) is 10.1 Å². The molecule has 1 amide bonds. The van der Waals surface area contributed by atoms with Gasteiger partial charge in [-0.25, -0.2) is 4.79 Å². The molecule has 0 aliphatic heterocycles. The minimum Gasteiger partial charge on any atom is -0.380 e. The van der Waals surface area contributed by atoms with E-state index in [0.717, 1.165) is 11.3 Å². The molecule has 0 atom stereocenters. The maximum absolute atomic E-state index is 11.6. The summed E-state index contributed by atoms with van der Waals surface area (Å²) in [5.74, 6) is -0.257. The molecular weight excluding hydrogens is 360 g/mol. The van der Waals surface area contributed by atoms with E-state index >= 15 is 0 Å². The van der Waals surface area contributed by atoms with Crippen molar-refractivity contribution >= 4 is 39.7 Å². The summed E-state index contributed by atoms with van der Waals surface area (Å²) in [5, 5.41) is 17.7. The number of nitrogens with one attached hydrogen (secondary N) is 1. The third kappa shape index (κ3) is 5.98. The van der Waals surface area contributed by atoms with Gasteiger partial charge in [0, 0.05) is 28.3 Å². The molecule has 0 fully saturated rings. The molecule has 0 saturated heterocycles. The Labute approximate surface area is 153 Å². The average molecular weight is 378 g/mol. The van der Waals surface area contributed by atoms with Crippen molar-refractivity contribution in [2.45, 2.75) is 20.8 Å². The molecule has 0 spiro atoms. The Hall–Kier alpha value is -3.27. The van der Waals surface area contributed by atoms with Crippen LogP contribution in [-0.4, -0.2) is 22.6 Å².